The van der Waals surface area contributed by atoms with Gasteiger partial charge in [0.1, 0.15) is 0 Å². The number of aliphatic hydroxyl groups is 1. The van der Waals surface area contributed by atoms with Crippen LogP contribution in [0.4, 0.5) is 0 Å². The molecule has 1 aromatic carbocycles. The fraction of sp³-hybridized carbons (Fsp3) is 0.500. The molecule has 0 spiro atoms. The van der Waals surface area contributed by atoms with Crippen LogP contribution in [0, 0.1) is 5.92 Å². The van der Waals surface area contributed by atoms with Gasteiger partial charge in [0.05, 0.1) is 19.3 Å². The molecule has 0 saturated heterocycles. The fourth-order valence-corrected chi connectivity index (χ4v) is 1.65. The summed E-state index contributed by atoms with van der Waals surface area (Å²) in [5.41, 5.74) is 1.20. The maximum atomic E-state index is 9.32. The summed E-state index contributed by atoms with van der Waals surface area (Å²) in [6, 6.07) is 10.1. The van der Waals surface area contributed by atoms with E-state index in [2.05, 4.69) is 12.1 Å². The molecule has 2 nitrogen and oxygen atoms in total. The van der Waals surface area contributed by atoms with Gasteiger partial charge in [-0.1, -0.05) is 30.3 Å². The molecule has 1 saturated carbocycles. The minimum Gasteiger partial charge on any atom is -0.393 e. The minimum atomic E-state index is -0.120. The van der Waals surface area contributed by atoms with Crippen LogP contribution < -0.4 is 0 Å². The number of hydrogen-bond donors (Lipinski definition) is 1. The first-order chi connectivity index (χ1) is 6.86. The van der Waals surface area contributed by atoms with Gasteiger partial charge in [0.15, 0.2) is 0 Å². The van der Waals surface area contributed by atoms with E-state index in [0.29, 0.717) is 19.1 Å². The van der Waals surface area contributed by atoms with Crippen molar-refractivity contribution in [2.24, 2.45) is 5.92 Å². The van der Waals surface area contributed by atoms with E-state index in [0.717, 1.165) is 12.8 Å². The molecule has 1 aliphatic carbocycles. The van der Waals surface area contributed by atoms with E-state index in [1.54, 1.807) is 0 Å². The molecule has 1 aliphatic rings. The van der Waals surface area contributed by atoms with Crippen LogP contribution in [-0.4, -0.2) is 17.8 Å². The van der Waals surface area contributed by atoms with Crippen LogP contribution in [0.25, 0.3) is 0 Å². The van der Waals surface area contributed by atoms with Crippen molar-refractivity contribution in [2.45, 2.75) is 25.6 Å². The molecule has 14 heavy (non-hydrogen) atoms. The Morgan fingerprint density at radius 3 is 2.57 bits per heavy atom. The van der Waals surface area contributed by atoms with Crippen molar-refractivity contribution in [1.29, 1.82) is 0 Å². The largest absolute Gasteiger partial charge is 0.393 e. The molecular weight excluding hydrogens is 176 g/mol. The van der Waals surface area contributed by atoms with Crippen molar-refractivity contribution in [2.75, 3.05) is 6.61 Å². The summed E-state index contributed by atoms with van der Waals surface area (Å²) in [5.74, 6) is 0.374. The van der Waals surface area contributed by atoms with Crippen molar-refractivity contribution in [3.63, 3.8) is 0 Å². The molecule has 0 heterocycles. The molecule has 0 aliphatic heterocycles. The molecule has 0 amide bonds. The maximum absolute atomic E-state index is 9.32. The van der Waals surface area contributed by atoms with Gasteiger partial charge in [-0.05, 0) is 18.4 Å². The monoisotopic (exact) mass is 192 g/mol. The minimum absolute atomic E-state index is 0.120. The van der Waals surface area contributed by atoms with Crippen molar-refractivity contribution in [3.05, 3.63) is 35.9 Å². The Balaban J connectivity index is 1.68. The first-order valence-electron chi connectivity index (χ1n) is 5.16. The molecule has 0 unspecified atom stereocenters. The van der Waals surface area contributed by atoms with Crippen LogP contribution >= 0.6 is 0 Å². The SMILES string of the molecule is O[C@@H]1CC[C@@H]1COCc1ccccc1. The zero-order valence-electron chi connectivity index (χ0n) is 8.23. The third kappa shape index (κ3) is 2.34. The highest BCUT2D eigenvalue weighted by atomic mass is 16.5. The van der Waals surface area contributed by atoms with Gasteiger partial charge in [-0.25, -0.2) is 0 Å². The van der Waals surface area contributed by atoms with Gasteiger partial charge in [-0.15, -0.1) is 0 Å². The lowest BCUT2D eigenvalue weighted by Gasteiger charge is -2.31. The highest BCUT2D eigenvalue weighted by Crippen LogP contribution is 2.27. The summed E-state index contributed by atoms with van der Waals surface area (Å²) in [6.45, 7) is 1.35. The van der Waals surface area contributed by atoms with E-state index >= 15 is 0 Å². The average Bonchev–Trinajstić information content (AvgIpc) is 2.24. The first-order valence-corrected chi connectivity index (χ1v) is 5.16. The van der Waals surface area contributed by atoms with E-state index in [1.165, 1.54) is 5.56 Å². The third-order valence-electron chi connectivity index (χ3n) is 2.82. The molecule has 1 fully saturated rings. The lowest BCUT2D eigenvalue weighted by atomic mass is 9.83. The summed E-state index contributed by atoms with van der Waals surface area (Å²) in [6.07, 6.45) is 1.93. The second-order valence-corrected chi connectivity index (χ2v) is 3.91. The predicted octanol–water partition coefficient (Wildman–Crippen LogP) is 1.97. The quantitative estimate of drug-likeness (QED) is 0.790. The Morgan fingerprint density at radius 1 is 1.21 bits per heavy atom. The number of rotatable bonds is 4. The van der Waals surface area contributed by atoms with Gasteiger partial charge >= 0.3 is 0 Å². The van der Waals surface area contributed by atoms with Crippen molar-refractivity contribution >= 4 is 0 Å². The Kier molecular flexibility index (Phi) is 3.17. The number of ether oxygens (including phenoxy) is 1. The van der Waals surface area contributed by atoms with Gasteiger partial charge < -0.3 is 9.84 Å². The van der Waals surface area contributed by atoms with Crippen molar-refractivity contribution in [3.8, 4) is 0 Å². The smallest absolute Gasteiger partial charge is 0.0717 e. The van der Waals surface area contributed by atoms with Crippen molar-refractivity contribution < 1.29 is 9.84 Å². The van der Waals surface area contributed by atoms with Crippen LogP contribution in [0.15, 0.2) is 30.3 Å². The summed E-state index contributed by atoms with van der Waals surface area (Å²) in [5, 5.41) is 9.32. The molecule has 0 bridgehead atoms. The molecule has 1 aromatic rings. The van der Waals surface area contributed by atoms with E-state index < -0.39 is 0 Å². The first kappa shape index (κ1) is 9.69. The number of aliphatic hydroxyl groups excluding tert-OH is 1. The Bertz CT molecular complexity index is 271. The van der Waals surface area contributed by atoms with Crippen LogP contribution in [0.3, 0.4) is 0 Å². The zero-order chi connectivity index (χ0) is 9.80. The van der Waals surface area contributed by atoms with Crippen LogP contribution in [0.5, 0.6) is 0 Å². The molecular formula is C12H16O2. The number of benzene rings is 1. The van der Waals surface area contributed by atoms with Crippen LogP contribution in [0.1, 0.15) is 18.4 Å². The molecule has 2 rings (SSSR count). The Hall–Kier alpha value is -0.860. The lowest BCUT2D eigenvalue weighted by Crippen LogP contribution is -2.34. The molecule has 0 radical (unpaired) electrons. The molecule has 76 valence electrons. The summed E-state index contributed by atoms with van der Waals surface area (Å²) in [7, 11) is 0. The van der Waals surface area contributed by atoms with Gasteiger partial charge in [-0.3, -0.25) is 0 Å². The lowest BCUT2D eigenvalue weighted by molar-refractivity contribution is -0.0354. The molecule has 1 N–H and O–H groups in total. The molecule has 2 atom stereocenters. The zero-order valence-corrected chi connectivity index (χ0v) is 8.23. The second-order valence-electron chi connectivity index (χ2n) is 3.91. The highest BCUT2D eigenvalue weighted by Gasteiger charge is 2.28. The Morgan fingerprint density at radius 2 is 2.00 bits per heavy atom. The van der Waals surface area contributed by atoms with Crippen LogP contribution in [-0.2, 0) is 11.3 Å². The maximum Gasteiger partial charge on any atom is 0.0717 e. The predicted molar refractivity (Wildman–Crippen MR) is 54.8 cm³/mol. The van der Waals surface area contributed by atoms with E-state index in [-0.39, 0.29) is 6.10 Å². The van der Waals surface area contributed by atoms with Crippen LogP contribution in [0.2, 0.25) is 0 Å². The van der Waals surface area contributed by atoms with Crippen molar-refractivity contribution in [1.82, 2.24) is 0 Å². The fourth-order valence-electron chi connectivity index (χ4n) is 1.65. The van der Waals surface area contributed by atoms with Gasteiger partial charge in [0.2, 0.25) is 0 Å². The summed E-state index contributed by atoms with van der Waals surface area (Å²) < 4.78 is 5.53. The summed E-state index contributed by atoms with van der Waals surface area (Å²) >= 11 is 0. The molecule has 0 aromatic heterocycles. The van der Waals surface area contributed by atoms with E-state index in [1.807, 2.05) is 18.2 Å². The number of hydrogen-bond acceptors (Lipinski definition) is 2. The van der Waals surface area contributed by atoms with Gasteiger partial charge in [0, 0.05) is 5.92 Å². The topological polar surface area (TPSA) is 29.5 Å². The third-order valence-corrected chi connectivity index (χ3v) is 2.82. The summed E-state index contributed by atoms with van der Waals surface area (Å²) in [4.78, 5) is 0. The molecule has 2 heteroatoms. The average molecular weight is 192 g/mol. The normalized spacial score (nSPS) is 25.8. The van der Waals surface area contributed by atoms with E-state index in [4.69, 9.17) is 4.74 Å². The highest BCUT2D eigenvalue weighted by molar-refractivity contribution is 5.13. The Labute approximate surface area is 84.5 Å². The van der Waals surface area contributed by atoms with Gasteiger partial charge in [0.25, 0.3) is 0 Å². The standard InChI is InChI=1S/C12H16O2/c13-12-7-6-11(12)9-14-8-10-4-2-1-3-5-10/h1-5,11-13H,6-9H2/t11-,12-/m1/s1. The second kappa shape index (κ2) is 4.58. The van der Waals surface area contributed by atoms with E-state index in [9.17, 15) is 5.11 Å². The van der Waals surface area contributed by atoms with Gasteiger partial charge in [-0.2, -0.15) is 0 Å².